The molecule has 3 aromatic carbocycles. The Morgan fingerprint density at radius 2 is 1.36 bits per heavy atom. The van der Waals surface area contributed by atoms with Crippen LogP contribution < -0.4 is 20.1 Å². The number of hydrogen-bond acceptors (Lipinski definition) is 11. The molecule has 4 heterocycles. The summed E-state index contributed by atoms with van der Waals surface area (Å²) >= 11 is 0. The van der Waals surface area contributed by atoms with Crippen LogP contribution in [0, 0.1) is 5.82 Å². The van der Waals surface area contributed by atoms with Gasteiger partial charge in [-0.25, -0.2) is 9.18 Å². The van der Waals surface area contributed by atoms with Crippen molar-refractivity contribution in [2.45, 2.75) is 31.7 Å². The number of carbonyl (C=O) groups excluding carboxylic acids is 3. The van der Waals surface area contributed by atoms with Gasteiger partial charge in [-0.2, -0.15) is 0 Å². The van der Waals surface area contributed by atoms with Crippen LogP contribution in [0.1, 0.15) is 53.2 Å². The number of esters is 1. The average molecular weight is 764 g/mol. The van der Waals surface area contributed by atoms with Gasteiger partial charge in [-0.15, -0.1) is 0 Å². The van der Waals surface area contributed by atoms with Crippen LogP contribution in [-0.2, 0) is 24.0 Å². The Kier molecular flexibility index (Phi) is 10.3. The number of carbonyl (C=O) groups is 3. The average Bonchev–Trinajstić information content (AvgIpc) is 3.98. The van der Waals surface area contributed by atoms with E-state index in [4.69, 9.17) is 14.4 Å². The van der Waals surface area contributed by atoms with Crippen LogP contribution >= 0.6 is 0 Å². The van der Waals surface area contributed by atoms with Crippen molar-refractivity contribution in [1.82, 2.24) is 9.47 Å². The zero-order valence-electron chi connectivity index (χ0n) is 31.3. The fourth-order valence-corrected chi connectivity index (χ4v) is 7.86. The second-order valence-corrected chi connectivity index (χ2v) is 14.2. The van der Waals surface area contributed by atoms with Gasteiger partial charge in [-0.1, -0.05) is 46.7 Å². The van der Waals surface area contributed by atoms with Crippen molar-refractivity contribution in [3.8, 4) is 0 Å². The molecule has 14 nitrogen and oxygen atoms in total. The molecule has 56 heavy (non-hydrogen) atoms. The van der Waals surface area contributed by atoms with E-state index in [2.05, 4.69) is 15.2 Å². The Morgan fingerprint density at radius 1 is 0.768 bits per heavy atom. The van der Waals surface area contributed by atoms with Gasteiger partial charge >= 0.3 is 5.97 Å². The first-order valence-electron chi connectivity index (χ1n) is 18.9. The fourth-order valence-electron chi connectivity index (χ4n) is 7.86. The van der Waals surface area contributed by atoms with Gasteiger partial charge in [0.1, 0.15) is 25.6 Å². The van der Waals surface area contributed by atoms with E-state index >= 15 is 4.39 Å². The lowest BCUT2D eigenvalue weighted by atomic mass is 10.1. The second-order valence-electron chi connectivity index (χ2n) is 14.2. The Morgan fingerprint density at radius 3 is 1.95 bits per heavy atom. The summed E-state index contributed by atoms with van der Waals surface area (Å²) in [6.45, 7) is 4.13. The largest absolute Gasteiger partial charge is 0.462 e. The molecule has 1 aromatic heterocycles. The van der Waals surface area contributed by atoms with Crippen LogP contribution in [-0.4, -0.2) is 105 Å². The Balaban J connectivity index is 0.896. The van der Waals surface area contributed by atoms with E-state index in [1.54, 1.807) is 28.1 Å². The number of oxime groups is 2. The van der Waals surface area contributed by atoms with Crippen LogP contribution in [0.15, 0.2) is 82.0 Å². The van der Waals surface area contributed by atoms with Gasteiger partial charge in [0.15, 0.2) is 11.4 Å². The molecule has 0 bridgehead atoms. The number of rotatable bonds is 13. The van der Waals surface area contributed by atoms with E-state index in [1.807, 2.05) is 51.9 Å². The van der Waals surface area contributed by atoms with Crippen LogP contribution in [0.2, 0.25) is 0 Å². The number of aromatic nitrogens is 1. The monoisotopic (exact) mass is 763 g/mol. The number of anilines is 3. The first-order valence-corrected chi connectivity index (χ1v) is 18.9. The first-order chi connectivity index (χ1) is 27.3. The minimum absolute atomic E-state index is 0.0316. The summed E-state index contributed by atoms with van der Waals surface area (Å²) in [4.78, 5) is 70.4. The summed E-state index contributed by atoms with van der Waals surface area (Å²) < 4.78 is 23.3. The maximum atomic E-state index is 15.9. The molecular weight excluding hydrogens is 721 g/mol. The van der Waals surface area contributed by atoms with E-state index < -0.39 is 17.2 Å². The summed E-state index contributed by atoms with van der Waals surface area (Å²) in [6.07, 6.45) is 4.38. The van der Waals surface area contributed by atoms with Crippen LogP contribution in [0.25, 0.3) is 10.9 Å². The zero-order valence-corrected chi connectivity index (χ0v) is 31.3. The molecule has 0 unspecified atom stereocenters. The number of halogens is 1. The second kappa shape index (κ2) is 15.6. The number of ether oxygens (including phenoxy) is 1. The van der Waals surface area contributed by atoms with Crippen molar-refractivity contribution in [3.05, 3.63) is 99.6 Å². The molecule has 1 aliphatic carbocycles. The molecule has 1 saturated carbocycles. The van der Waals surface area contributed by atoms with Gasteiger partial charge in [0.2, 0.25) is 5.43 Å². The van der Waals surface area contributed by atoms with E-state index in [0.29, 0.717) is 67.3 Å². The van der Waals surface area contributed by atoms with Gasteiger partial charge in [-0.3, -0.25) is 19.3 Å². The van der Waals surface area contributed by atoms with E-state index in [0.717, 1.165) is 37.1 Å². The molecule has 1 saturated heterocycles. The van der Waals surface area contributed by atoms with Gasteiger partial charge < -0.3 is 33.7 Å². The smallest absolute Gasteiger partial charge is 0.343 e. The summed E-state index contributed by atoms with van der Waals surface area (Å²) in [7, 11) is 2.81. The topological polar surface area (TPSA) is 139 Å². The van der Waals surface area contributed by atoms with Gasteiger partial charge in [0.25, 0.3) is 11.8 Å². The number of piperazine rings is 1. The Hall–Kier alpha value is -6.09. The van der Waals surface area contributed by atoms with E-state index in [-0.39, 0.29) is 47.7 Å². The lowest BCUT2D eigenvalue weighted by molar-refractivity contribution is -0.113. The third-order valence-corrected chi connectivity index (χ3v) is 10.7. The van der Waals surface area contributed by atoms with Crippen molar-refractivity contribution < 1.29 is 33.2 Å². The number of fused-ring (bicyclic) bond motifs is 3. The molecule has 290 valence electrons. The highest BCUT2D eigenvalue weighted by Crippen LogP contribution is 2.38. The number of hydrogen-bond donors (Lipinski definition) is 0. The van der Waals surface area contributed by atoms with Crippen molar-refractivity contribution in [2.75, 3.05) is 81.3 Å². The lowest BCUT2D eigenvalue weighted by Gasteiger charge is -2.36. The molecule has 0 spiro atoms. The molecule has 4 aliphatic rings. The number of para-hydroxylation sites is 2. The fraction of sp³-hybridized carbons (Fsp3) is 0.366. The standard InChI is InChI=1S/C41H42FN7O7/c1-54-43-36-27-9-3-5-11-32(27)47(39(36)51)16-7-15-45-18-20-46(21-19-45)35-24-34-29(23-31(35)42)38(50)30(25-49(34)26-13-14-26)41(53)56-22-8-17-48-33-12-6-4-10-28(33)37(40(48)52)44-55-2/h3-6,9-12,23-26H,7-8,13-22H2,1-2H3/b43-36-,44-37+. The molecule has 8 rings (SSSR count). The minimum atomic E-state index is -0.788. The molecule has 15 heteroatoms. The SMILES string of the molecule is CO/N=C1\C(=O)N(CCCN2CCN(c3cc4c(cc3F)c(=O)c(C(=O)OCCCN3C(=O)/C(=N/OC)c5ccccc53)cn4C3CC3)CC2)c2ccccc21. The lowest BCUT2D eigenvalue weighted by Crippen LogP contribution is -2.47. The summed E-state index contributed by atoms with van der Waals surface area (Å²) in [5.41, 5.74) is 3.72. The molecule has 2 fully saturated rings. The van der Waals surface area contributed by atoms with Crippen molar-refractivity contribution in [2.24, 2.45) is 10.3 Å². The minimum Gasteiger partial charge on any atom is -0.462 e. The first kappa shape index (κ1) is 36.9. The predicted molar refractivity (Wildman–Crippen MR) is 209 cm³/mol. The quantitative estimate of drug-likeness (QED) is 0.111. The van der Waals surface area contributed by atoms with Crippen molar-refractivity contribution in [1.29, 1.82) is 0 Å². The Bertz CT molecular complexity index is 2330. The molecule has 0 N–H and O–H groups in total. The van der Waals surface area contributed by atoms with E-state index in [1.165, 1.54) is 20.3 Å². The summed E-state index contributed by atoms with van der Waals surface area (Å²) in [5, 5.41) is 7.97. The predicted octanol–water partition coefficient (Wildman–Crippen LogP) is 4.33. The molecule has 2 amide bonds. The van der Waals surface area contributed by atoms with Crippen molar-refractivity contribution >= 4 is 57.2 Å². The highest BCUT2D eigenvalue weighted by Gasteiger charge is 2.36. The summed E-state index contributed by atoms with van der Waals surface area (Å²) in [5.74, 6) is -1.80. The third-order valence-electron chi connectivity index (χ3n) is 10.7. The van der Waals surface area contributed by atoms with Crippen molar-refractivity contribution in [3.63, 3.8) is 0 Å². The molecule has 4 aromatic rings. The third kappa shape index (κ3) is 6.87. The molecule has 0 radical (unpaired) electrons. The van der Waals surface area contributed by atoms with Crippen LogP contribution in [0.3, 0.4) is 0 Å². The highest BCUT2D eigenvalue weighted by atomic mass is 19.1. The number of amides is 2. The molecule has 3 aliphatic heterocycles. The number of benzene rings is 3. The normalized spacial score (nSPS) is 18.3. The maximum Gasteiger partial charge on any atom is 0.343 e. The van der Waals surface area contributed by atoms with Gasteiger partial charge in [0.05, 0.1) is 29.2 Å². The number of nitrogens with zero attached hydrogens (tertiary/aromatic N) is 7. The summed E-state index contributed by atoms with van der Waals surface area (Å²) in [6, 6.07) is 17.9. The van der Waals surface area contributed by atoms with Crippen LogP contribution in [0.5, 0.6) is 0 Å². The van der Waals surface area contributed by atoms with Crippen LogP contribution in [0.4, 0.5) is 21.5 Å². The highest BCUT2D eigenvalue weighted by molar-refractivity contribution is 6.54. The molecular formula is C41H42FN7O7. The maximum absolute atomic E-state index is 15.9. The van der Waals surface area contributed by atoms with Gasteiger partial charge in [0, 0.05) is 68.0 Å². The molecule has 0 atom stereocenters. The van der Waals surface area contributed by atoms with E-state index in [9.17, 15) is 19.2 Å². The zero-order chi connectivity index (χ0) is 38.9. The number of pyridine rings is 1. The van der Waals surface area contributed by atoms with Gasteiger partial charge in [-0.05, 0) is 56.5 Å². The Labute approximate surface area is 322 Å².